The summed E-state index contributed by atoms with van der Waals surface area (Å²) in [5.41, 5.74) is 3.54. The van der Waals surface area contributed by atoms with E-state index in [0.29, 0.717) is 31.1 Å². The van der Waals surface area contributed by atoms with Gasteiger partial charge in [-0.15, -0.1) is 0 Å². The Morgan fingerprint density at radius 3 is 2.46 bits per heavy atom. The molecule has 2 amide bonds. The highest BCUT2D eigenvalue weighted by molar-refractivity contribution is 6.02. The Bertz CT molecular complexity index is 1270. The highest BCUT2D eigenvalue weighted by Crippen LogP contribution is 2.34. The number of rotatable bonds is 7. The van der Waals surface area contributed by atoms with Gasteiger partial charge in [-0.25, -0.2) is 4.98 Å². The molecule has 0 radical (unpaired) electrons. The summed E-state index contributed by atoms with van der Waals surface area (Å²) in [5, 5.41) is 3.09. The minimum Gasteiger partial charge on any atom is -0.448 e. The number of hydrogen-bond acceptors (Lipinski definition) is 6. The second kappa shape index (κ2) is 11.6. The third kappa shape index (κ3) is 6.01. The van der Waals surface area contributed by atoms with Crippen LogP contribution in [0.15, 0.2) is 65.4 Å². The lowest BCUT2D eigenvalue weighted by molar-refractivity contribution is -0.117. The van der Waals surface area contributed by atoms with Gasteiger partial charge in [-0.05, 0) is 49.4 Å². The minimum atomic E-state index is -0.0892. The van der Waals surface area contributed by atoms with Crippen LogP contribution in [0, 0.1) is 5.92 Å². The van der Waals surface area contributed by atoms with Gasteiger partial charge in [-0.1, -0.05) is 43.2 Å². The number of nitrogens with one attached hydrogen (secondary N) is 1. The van der Waals surface area contributed by atoms with Gasteiger partial charge in [0.2, 0.25) is 11.8 Å². The normalized spacial score (nSPS) is 20.5. The number of hydrogen-bond donors (Lipinski definition) is 1. The average molecular weight is 528 g/mol. The van der Waals surface area contributed by atoms with Crippen molar-refractivity contribution in [3.05, 3.63) is 78.0 Å². The second-order valence-corrected chi connectivity index (χ2v) is 11.0. The maximum Gasteiger partial charge on any atom is 0.256 e. The third-order valence-corrected chi connectivity index (χ3v) is 8.14. The Morgan fingerprint density at radius 2 is 1.74 bits per heavy atom. The highest BCUT2D eigenvalue weighted by atomic mass is 16.3. The van der Waals surface area contributed by atoms with E-state index >= 15 is 0 Å². The summed E-state index contributed by atoms with van der Waals surface area (Å²) < 4.78 is 5.50. The number of anilines is 2. The topological polar surface area (TPSA) is 81.9 Å². The quantitative estimate of drug-likeness (QED) is 0.460. The molecule has 8 nitrogen and oxygen atoms in total. The van der Waals surface area contributed by atoms with Crippen LogP contribution < -0.4 is 10.2 Å². The van der Waals surface area contributed by atoms with Gasteiger partial charge in [0.1, 0.15) is 6.26 Å². The molecule has 2 saturated heterocycles. The summed E-state index contributed by atoms with van der Waals surface area (Å²) in [7, 11) is 0. The molecule has 204 valence electrons. The predicted molar refractivity (Wildman–Crippen MR) is 150 cm³/mol. The lowest BCUT2D eigenvalue weighted by Gasteiger charge is -2.42. The standard InChI is InChI=1S/C31H37N5O3/c37-30(24-10-11-24)33-25-12-13-26(27(20-25)35-15-6-1-2-7-16-35)31(38)36-18-17-34(22-29-32-14-19-39-29)21-28(36)23-8-4-3-5-9-23/h3-5,8-9,12-14,19-20,24,28H,1-2,6-7,10-11,15-18,21-22H2,(H,33,37). The van der Waals surface area contributed by atoms with Crippen molar-refractivity contribution in [2.24, 2.45) is 5.92 Å². The van der Waals surface area contributed by atoms with Gasteiger partial charge < -0.3 is 19.5 Å². The van der Waals surface area contributed by atoms with Crippen LogP contribution in [0.3, 0.4) is 0 Å². The van der Waals surface area contributed by atoms with Gasteiger partial charge in [0.25, 0.3) is 5.91 Å². The number of oxazole rings is 1. The van der Waals surface area contributed by atoms with Gasteiger partial charge in [0.15, 0.2) is 0 Å². The molecule has 1 aliphatic carbocycles. The molecule has 2 aliphatic heterocycles. The van der Waals surface area contributed by atoms with Crippen LogP contribution in [0.25, 0.3) is 0 Å². The lowest BCUT2D eigenvalue weighted by Crippen LogP contribution is -2.50. The molecular formula is C31H37N5O3. The number of nitrogens with zero attached hydrogens (tertiary/aromatic N) is 4. The summed E-state index contributed by atoms with van der Waals surface area (Å²) >= 11 is 0. The van der Waals surface area contributed by atoms with E-state index in [9.17, 15) is 9.59 Å². The molecule has 0 bridgehead atoms. The van der Waals surface area contributed by atoms with Gasteiger partial charge >= 0.3 is 0 Å². The van der Waals surface area contributed by atoms with Gasteiger partial charge in [0, 0.05) is 44.3 Å². The Hall–Kier alpha value is -3.65. The SMILES string of the molecule is O=C(Nc1ccc(C(=O)N2CCN(Cc3ncco3)CC2c2ccccc2)c(N2CCCCCC2)c1)C1CC1. The fraction of sp³-hybridized carbons (Fsp3) is 0.452. The van der Waals surface area contributed by atoms with Crippen molar-refractivity contribution >= 4 is 23.2 Å². The van der Waals surface area contributed by atoms with Crippen LogP contribution in [0.1, 0.15) is 66.4 Å². The minimum absolute atomic E-state index is 0.0407. The maximum atomic E-state index is 14.4. The Balaban J connectivity index is 1.30. The molecule has 3 heterocycles. The number of carbonyl (C=O) groups excluding carboxylic acids is 2. The Labute approximate surface area is 230 Å². The average Bonchev–Trinajstić information content (AvgIpc) is 3.76. The summed E-state index contributed by atoms with van der Waals surface area (Å²) in [6.07, 6.45) is 9.84. The van der Waals surface area contributed by atoms with E-state index in [1.165, 1.54) is 12.8 Å². The summed E-state index contributed by atoms with van der Waals surface area (Å²) in [6, 6.07) is 16.0. The fourth-order valence-electron chi connectivity index (χ4n) is 5.82. The summed E-state index contributed by atoms with van der Waals surface area (Å²) in [4.78, 5) is 37.9. The first-order valence-corrected chi connectivity index (χ1v) is 14.3. The lowest BCUT2D eigenvalue weighted by atomic mass is 10.00. The highest BCUT2D eigenvalue weighted by Gasteiger charge is 2.34. The smallest absolute Gasteiger partial charge is 0.256 e. The van der Waals surface area contributed by atoms with Gasteiger partial charge in [0.05, 0.1) is 30.0 Å². The molecular weight excluding hydrogens is 490 g/mol. The van der Waals surface area contributed by atoms with Crippen LogP contribution >= 0.6 is 0 Å². The van der Waals surface area contributed by atoms with Crippen LogP contribution in [-0.2, 0) is 11.3 Å². The molecule has 39 heavy (non-hydrogen) atoms. The number of carbonyl (C=O) groups is 2. The largest absolute Gasteiger partial charge is 0.448 e. The monoisotopic (exact) mass is 527 g/mol. The van der Waals surface area contributed by atoms with Crippen molar-refractivity contribution < 1.29 is 14.0 Å². The van der Waals surface area contributed by atoms with Crippen LogP contribution in [-0.4, -0.2) is 59.3 Å². The third-order valence-electron chi connectivity index (χ3n) is 8.14. The van der Waals surface area contributed by atoms with Crippen molar-refractivity contribution in [1.29, 1.82) is 0 Å². The van der Waals surface area contributed by atoms with E-state index < -0.39 is 0 Å². The first-order valence-electron chi connectivity index (χ1n) is 14.3. The first kappa shape index (κ1) is 25.6. The molecule has 1 aromatic heterocycles. The molecule has 6 rings (SSSR count). The summed E-state index contributed by atoms with van der Waals surface area (Å²) in [6.45, 7) is 4.52. The fourth-order valence-corrected chi connectivity index (χ4v) is 5.82. The second-order valence-electron chi connectivity index (χ2n) is 11.0. The van der Waals surface area contributed by atoms with E-state index in [1.807, 2.05) is 41.3 Å². The van der Waals surface area contributed by atoms with Crippen molar-refractivity contribution in [3.63, 3.8) is 0 Å². The van der Waals surface area contributed by atoms with Crippen molar-refractivity contribution in [2.45, 2.75) is 51.1 Å². The molecule has 1 atom stereocenters. The molecule has 3 aromatic rings. The van der Waals surface area contributed by atoms with Crippen molar-refractivity contribution in [2.75, 3.05) is 42.9 Å². The van der Waals surface area contributed by atoms with Crippen molar-refractivity contribution in [1.82, 2.24) is 14.8 Å². The molecule has 1 N–H and O–H groups in total. The first-order chi connectivity index (χ1) is 19.2. The van der Waals surface area contributed by atoms with E-state index in [2.05, 4.69) is 32.2 Å². The molecule has 1 unspecified atom stereocenters. The zero-order valence-corrected chi connectivity index (χ0v) is 22.4. The molecule has 0 spiro atoms. The van der Waals surface area contributed by atoms with Gasteiger partial charge in [-0.2, -0.15) is 0 Å². The van der Waals surface area contributed by atoms with Crippen LogP contribution in [0.5, 0.6) is 0 Å². The molecule has 8 heteroatoms. The number of aromatic nitrogens is 1. The Kier molecular flexibility index (Phi) is 7.63. The van der Waals surface area contributed by atoms with Gasteiger partial charge in [-0.3, -0.25) is 14.5 Å². The van der Waals surface area contributed by atoms with E-state index in [-0.39, 0.29) is 23.8 Å². The van der Waals surface area contributed by atoms with Crippen LogP contribution in [0.2, 0.25) is 0 Å². The van der Waals surface area contributed by atoms with E-state index in [1.54, 1.807) is 12.5 Å². The number of piperazine rings is 1. The molecule has 3 fully saturated rings. The molecule has 2 aromatic carbocycles. The predicted octanol–water partition coefficient (Wildman–Crippen LogP) is 5.10. The van der Waals surface area contributed by atoms with Crippen molar-refractivity contribution in [3.8, 4) is 0 Å². The maximum absolute atomic E-state index is 14.4. The van der Waals surface area contributed by atoms with E-state index in [4.69, 9.17) is 4.42 Å². The summed E-state index contributed by atoms with van der Waals surface area (Å²) in [5.74, 6) is 0.947. The zero-order valence-electron chi connectivity index (χ0n) is 22.4. The molecule has 1 saturated carbocycles. The zero-order chi connectivity index (χ0) is 26.6. The van der Waals surface area contributed by atoms with Crippen LogP contribution in [0.4, 0.5) is 11.4 Å². The Morgan fingerprint density at radius 1 is 0.949 bits per heavy atom. The number of benzene rings is 2. The molecule has 3 aliphatic rings. The van der Waals surface area contributed by atoms with E-state index in [0.717, 1.165) is 62.3 Å². The number of amides is 2.